The second-order valence-corrected chi connectivity index (χ2v) is 10.4. The number of benzene rings is 3. The number of hydrogen-bond donors (Lipinski definition) is 3. The maximum atomic E-state index is 13.9. The topological polar surface area (TPSA) is 119 Å². The highest BCUT2D eigenvalue weighted by Gasteiger charge is 2.36. The lowest BCUT2D eigenvalue weighted by Crippen LogP contribution is -2.57. The summed E-state index contributed by atoms with van der Waals surface area (Å²) >= 11 is 0. The third kappa shape index (κ3) is 9.21. The van der Waals surface area contributed by atoms with Crippen LogP contribution >= 0.6 is 0 Å². The number of nitrogens with zero attached hydrogens (tertiary/aromatic N) is 2. The maximum absolute atomic E-state index is 13.9. The molecule has 3 aromatic rings. The minimum atomic E-state index is -1.08. The summed E-state index contributed by atoms with van der Waals surface area (Å²) in [5.74, 6) is -1.09. The summed E-state index contributed by atoms with van der Waals surface area (Å²) in [4.78, 5) is 41.4. The highest BCUT2D eigenvalue weighted by Crippen LogP contribution is 2.20. The van der Waals surface area contributed by atoms with E-state index in [4.69, 9.17) is 4.74 Å². The van der Waals surface area contributed by atoms with Gasteiger partial charge in [0.25, 0.3) is 5.91 Å². The minimum absolute atomic E-state index is 0.0685. The molecule has 0 aromatic heterocycles. The Hall–Kier alpha value is -4.21. The zero-order valence-electron chi connectivity index (χ0n) is 23.1. The Bertz CT molecular complexity index is 1230. The third-order valence-electron chi connectivity index (χ3n) is 6.09. The summed E-state index contributed by atoms with van der Waals surface area (Å²) in [6.45, 7) is 4.54. The van der Waals surface area contributed by atoms with E-state index in [1.54, 1.807) is 75.4 Å². The lowest BCUT2D eigenvalue weighted by atomic mass is 9.99. The van der Waals surface area contributed by atoms with Crippen molar-refractivity contribution in [3.8, 4) is 0 Å². The molecule has 3 aromatic carbocycles. The SMILES string of the molecule is CC(C)(C)OC(=O)N[C@H](CO)[C@H](CC(=O)N(O)Cc1ccccc1)N(Cc1ccccc1)C(=O)c1ccccc1. The summed E-state index contributed by atoms with van der Waals surface area (Å²) in [5.41, 5.74) is 1.05. The number of aliphatic hydroxyl groups is 1. The van der Waals surface area contributed by atoms with Crippen LogP contribution in [0.1, 0.15) is 48.7 Å². The van der Waals surface area contributed by atoms with Gasteiger partial charge in [-0.2, -0.15) is 0 Å². The van der Waals surface area contributed by atoms with Crippen LogP contribution in [0.2, 0.25) is 0 Å². The first-order valence-electron chi connectivity index (χ1n) is 13.1. The van der Waals surface area contributed by atoms with Crippen LogP contribution in [0, 0.1) is 0 Å². The van der Waals surface area contributed by atoms with Gasteiger partial charge in [0.05, 0.1) is 31.7 Å². The highest BCUT2D eigenvalue weighted by atomic mass is 16.6. The lowest BCUT2D eigenvalue weighted by Gasteiger charge is -2.37. The molecule has 3 amide bonds. The molecule has 3 N–H and O–H groups in total. The summed E-state index contributed by atoms with van der Waals surface area (Å²) < 4.78 is 5.39. The second-order valence-electron chi connectivity index (χ2n) is 10.4. The first-order chi connectivity index (χ1) is 19.1. The first-order valence-corrected chi connectivity index (χ1v) is 13.1. The number of ether oxygens (including phenoxy) is 1. The van der Waals surface area contributed by atoms with Crippen molar-refractivity contribution >= 4 is 17.9 Å². The molecule has 0 radical (unpaired) electrons. The number of amides is 3. The van der Waals surface area contributed by atoms with Crippen LogP contribution in [0.4, 0.5) is 4.79 Å². The molecule has 40 heavy (non-hydrogen) atoms. The molecule has 0 heterocycles. The van der Waals surface area contributed by atoms with E-state index in [1.165, 1.54) is 4.90 Å². The van der Waals surface area contributed by atoms with Crippen LogP contribution in [0.25, 0.3) is 0 Å². The van der Waals surface area contributed by atoms with Crippen LogP contribution in [0.3, 0.4) is 0 Å². The molecule has 0 bridgehead atoms. The monoisotopic (exact) mass is 547 g/mol. The van der Waals surface area contributed by atoms with Crippen molar-refractivity contribution in [1.82, 2.24) is 15.3 Å². The van der Waals surface area contributed by atoms with Crippen molar-refractivity contribution in [3.05, 3.63) is 108 Å². The van der Waals surface area contributed by atoms with Gasteiger partial charge in [-0.25, -0.2) is 9.86 Å². The van der Waals surface area contributed by atoms with Crippen molar-refractivity contribution < 1.29 is 29.4 Å². The number of alkyl carbamates (subject to hydrolysis) is 1. The molecule has 0 saturated heterocycles. The molecule has 0 spiro atoms. The van der Waals surface area contributed by atoms with Crippen molar-refractivity contribution in [1.29, 1.82) is 0 Å². The smallest absolute Gasteiger partial charge is 0.408 e. The largest absolute Gasteiger partial charge is 0.444 e. The van der Waals surface area contributed by atoms with Gasteiger partial charge in [-0.05, 0) is 44.0 Å². The molecule has 0 aliphatic heterocycles. The Morgan fingerprint density at radius 1 is 0.825 bits per heavy atom. The van der Waals surface area contributed by atoms with E-state index in [0.29, 0.717) is 16.2 Å². The van der Waals surface area contributed by atoms with Crippen LogP contribution in [0.5, 0.6) is 0 Å². The van der Waals surface area contributed by atoms with E-state index in [0.717, 1.165) is 5.56 Å². The zero-order chi connectivity index (χ0) is 29.1. The Balaban J connectivity index is 1.98. The predicted molar refractivity (Wildman–Crippen MR) is 150 cm³/mol. The molecule has 9 heteroatoms. The van der Waals surface area contributed by atoms with Crippen LogP contribution < -0.4 is 5.32 Å². The number of hydroxylamine groups is 2. The average molecular weight is 548 g/mol. The van der Waals surface area contributed by atoms with E-state index in [-0.39, 0.29) is 19.5 Å². The van der Waals surface area contributed by atoms with Gasteiger partial charge in [-0.1, -0.05) is 78.9 Å². The molecule has 0 aliphatic carbocycles. The van der Waals surface area contributed by atoms with E-state index in [2.05, 4.69) is 5.32 Å². The van der Waals surface area contributed by atoms with Crippen molar-refractivity contribution in [2.75, 3.05) is 6.61 Å². The van der Waals surface area contributed by atoms with Gasteiger partial charge in [0.2, 0.25) is 5.91 Å². The Labute approximate surface area is 234 Å². The first kappa shape index (κ1) is 30.3. The number of hydrogen-bond acceptors (Lipinski definition) is 6. The molecule has 0 aliphatic rings. The fourth-order valence-corrected chi connectivity index (χ4v) is 4.19. The fourth-order valence-electron chi connectivity index (χ4n) is 4.19. The van der Waals surface area contributed by atoms with Crippen molar-refractivity contribution in [2.45, 2.75) is 58.0 Å². The van der Waals surface area contributed by atoms with Gasteiger partial charge >= 0.3 is 6.09 Å². The second kappa shape index (κ2) is 14.3. The van der Waals surface area contributed by atoms with E-state index in [1.807, 2.05) is 36.4 Å². The molecule has 0 fully saturated rings. The highest BCUT2D eigenvalue weighted by molar-refractivity contribution is 5.94. The molecular formula is C31H37N3O6. The van der Waals surface area contributed by atoms with Crippen molar-refractivity contribution in [3.63, 3.8) is 0 Å². The Morgan fingerprint density at radius 3 is 1.82 bits per heavy atom. The fraction of sp³-hybridized carbons (Fsp3) is 0.323. The van der Waals surface area contributed by atoms with Gasteiger partial charge in [0.15, 0.2) is 0 Å². The van der Waals surface area contributed by atoms with Gasteiger partial charge < -0.3 is 20.1 Å². The van der Waals surface area contributed by atoms with E-state index < -0.39 is 42.2 Å². The Morgan fingerprint density at radius 2 is 1.32 bits per heavy atom. The van der Waals surface area contributed by atoms with Crippen molar-refractivity contribution in [2.24, 2.45) is 0 Å². The van der Waals surface area contributed by atoms with Crippen LogP contribution in [-0.2, 0) is 22.6 Å². The number of carbonyl (C=O) groups excluding carboxylic acids is 3. The van der Waals surface area contributed by atoms with Crippen LogP contribution in [-0.4, -0.2) is 62.5 Å². The summed E-state index contributed by atoms with van der Waals surface area (Å²) in [5, 5.41) is 24.3. The molecule has 212 valence electrons. The van der Waals surface area contributed by atoms with Gasteiger partial charge in [-0.15, -0.1) is 0 Å². The molecule has 0 unspecified atom stereocenters. The molecular weight excluding hydrogens is 510 g/mol. The number of aliphatic hydroxyl groups excluding tert-OH is 1. The number of rotatable bonds is 11. The predicted octanol–water partition coefficient (Wildman–Crippen LogP) is 4.39. The van der Waals surface area contributed by atoms with Gasteiger partial charge in [-0.3, -0.25) is 14.8 Å². The standard InChI is InChI=1S/C31H37N3O6/c1-31(2,3)40-30(38)32-26(22-35)27(19-28(36)34(39)21-24-15-9-5-10-16-24)33(20-23-13-7-4-8-14-23)29(37)25-17-11-6-12-18-25/h4-18,26-27,35,39H,19-22H2,1-3H3,(H,32,38)/t26-,27+/m1/s1. The van der Waals surface area contributed by atoms with E-state index in [9.17, 15) is 24.7 Å². The average Bonchev–Trinajstić information content (AvgIpc) is 2.94. The van der Waals surface area contributed by atoms with Gasteiger partial charge in [0, 0.05) is 12.1 Å². The quantitative estimate of drug-likeness (QED) is 0.242. The molecule has 0 saturated carbocycles. The number of carbonyl (C=O) groups is 3. The van der Waals surface area contributed by atoms with E-state index >= 15 is 0 Å². The van der Waals surface area contributed by atoms with Gasteiger partial charge in [0.1, 0.15) is 5.60 Å². The summed E-state index contributed by atoms with van der Waals surface area (Å²) in [6.07, 6.45) is -1.18. The molecule has 9 nitrogen and oxygen atoms in total. The molecule has 2 atom stereocenters. The summed E-state index contributed by atoms with van der Waals surface area (Å²) in [7, 11) is 0. The zero-order valence-corrected chi connectivity index (χ0v) is 23.1. The number of nitrogens with one attached hydrogen (secondary N) is 1. The Kier molecular flexibility index (Phi) is 10.8. The minimum Gasteiger partial charge on any atom is -0.444 e. The van der Waals surface area contributed by atoms with Crippen LogP contribution in [0.15, 0.2) is 91.0 Å². The lowest BCUT2D eigenvalue weighted by molar-refractivity contribution is -0.169. The normalized spacial score (nSPS) is 12.6. The summed E-state index contributed by atoms with van der Waals surface area (Å²) in [6, 6.07) is 24.6. The molecule has 3 rings (SSSR count). The third-order valence-corrected chi connectivity index (χ3v) is 6.09. The maximum Gasteiger partial charge on any atom is 0.408 e.